The quantitative estimate of drug-likeness (QED) is 0.781. The first-order chi connectivity index (χ1) is 8.66. The van der Waals surface area contributed by atoms with E-state index in [9.17, 15) is 9.90 Å². The molecule has 0 spiro atoms. The molecule has 6 heteroatoms. The van der Waals surface area contributed by atoms with Crippen molar-refractivity contribution in [3.8, 4) is 11.3 Å². The van der Waals surface area contributed by atoms with E-state index in [0.717, 1.165) is 16.9 Å². The number of hydrogen-bond donors (Lipinski definition) is 1. The number of fused-ring (bicyclic) bond motifs is 1. The first-order valence-electron chi connectivity index (χ1n) is 5.12. The molecule has 0 unspecified atom stereocenters. The third kappa shape index (κ3) is 1.68. The number of aromatic carboxylic acids is 1. The van der Waals surface area contributed by atoms with Crippen molar-refractivity contribution < 1.29 is 9.90 Å². The predicted octanol–water partition coefficient (Wildman–Crippen LogP) is 3.41. The Morgan fingerprint density at radius 1 is 1.33 bits per heavy atom. The first-order valence-corrected chi connectivity index (χ1v) is 6.31. The van der Waals surface area contributed by atoms with Crippen molar-refractivity contribution in [3.63, 3.8) is 0 Å². The molecule has 0 bridgehead atoms. The van der Waals surface area contributed by atoms with Gasteiger partial charge in [0, 0.05) is 23.0 Å². The van der Waals surface area contributed by atoms with Crippen molar-refractivity contribution >= 4 is 33.9 Å². The number of aromatic nitrogens is 2. The fourth-order valence-electron chi connectivity index (χ4n) is 1.81. The van der Waals surface area contributed by atoms with Crippen LogP contribution in [0.15, 0.2) is 36.7 Å². The highest BCUT2D eigenvalue weighted by atomic mass is 35.5. The molecule has 0 saturated carbocycles. The molecule has 18 heavy (non-hydrogen) atoms. The molecule has 0 aliphatic rings. The zero-order valence-electron chi connectivity index (χ0n) is 9.00. The Kier molecular flexibility index (Phi) is 2.57. The summed E-state index contributed by atoms with van der Waals surface area (Å²) in [5.41, 5.74) is 1.44. The van der Waals surface area contributed by atoms with Crippen LogP contribution in [0.2, 0.25) is 5.02 Å². The molecule has 3 rings (SSSR count). The molecule has 0 saturated heterocycles. The number of rotatable bonds is 2. The van der Waals surface area contributed by atoms with Crippen LogP contribution in [-0.4, -0.2) is 20.5 Å². The Balaban J connectivity index is 2.31. The van der Waals surface area contributed by atoms with E-state index in [0.29, 0.717) is 15.7 Å². The van der Waals surface area contributed by atoms with E-state index in [1.807, 2.05) is 0 Å². The van der Waals surface area contributed by atoms with Gasteiger partial charge < -0.3 is 5.11 Å². The Labute approximate surface area is 111 Å². The molecule has 2 aromatic heterocycles. The van der Waals surface area contributed by atoms with E-state index in [4.69, 9.17) is 11.6 Å². The van der Waals surface area contributed by atoms with Gasteiger partial charge in [-0.25, -0.2) is 9.78 Å². The fraction of sp³-hybridized carbons (Fsp3) is 0. The summed E-state index contributed by atoms with van der Waals surface area (Å²) < 4.78 is 1.78. The van der Waals surface area contributed by atoms with Gasteiger partial charge >= 0.3 is 5.97 Å². The molecule has 1 aromatic carbocycles. The molecule has 2 heterocycles. The molecular weight excluding hydrogens is 272 g/mol. The lowest BCUT2D eigenvalue weighted by Crippen LogP contribution is -1.97. The minimum Gasteiger partial charge on any atom is -0.477 e. The maximum atomic E-state index is 11.3. The number of carboxylic acids is 1. The van der Waals surface area contributed by atoms with Crippen molar-refractivity contribution in [2.24, 2.45) is 0 Å². The molecule has 0 radical (unpaired) electrons. The summed E-state index contributed by atoms with van der Waals surface area (Å²) in [6, 6.07) is 7.08. The van der Waals surface area contributed by atoms with Gasteiger partial charge in [0.05, 0.1) is 5.69 Å². The Morgan fingerprint density at radius 2 is 2.06 bits per heavy atom. The minimum absolute atomic E-state index is 0.278. The van der Waals surface area contributed by atoms with E-state index in [-0.39, 0.29) is 4.88 Å². The van der Waals surface area contributed by atoms with E-state index in [1.54, 1.807) is 41.1 Å². The van der Waals surface area contributed by atoms with Crippen molar-refractivity contribution in [1.82, 2.24) is 9.38 Å². The van der Waals surface area contributed by atoms with Crippen LogP contribution in [0.3, 0.4) is 0 Å². The van der Waals surface area contributed by atoms with Gasteiger partial charge in [-0.3, -0.25) is 4.40 Å². The number of nitrogens with zero attached hydrogens (tertiary/aromatic N) is 2. The van der Waals surface area contributed by atoms with Gasteiger partial charge in [-0.1, -0.05) is 35.1 Å². The highest BCUT2D eigenvalue weighted by molar-refractivity contribution is 7.19. The number of carbonyl (C=O) groups is 1. The molecule has 0 amide bonds. The summed E-state index contributed by atoms with van der Waals surface area (Å²) in [5.74, 6) is -0.949. The molecule has 90 valence electrons. The molecule has 0 fully saturated rings. The molecule has 4 nitrogen and oxygen atoms in total. The Morgan fingerprint density at radius 3 is 2.72 bits per heavy atom. The topological polar surface area (TPSA) is 54.6 Å². The highest BCUT2D eigenvalue weighted by Gasteiger charge is 2.19. The van der Waals surface area contributed by atoms with Crippen molar-refractivity contribution in [3.05, 3.63) is 46.6 Å². The van der Waals surface area contributed by atoms with Gasteiger partial charge in [0.15, 0.2) is 4.96 Å². The third-order valence-electron chi connectivity index (χ3n) is 2.57. The smallest absolute Gasteiger partial charge is 0.348 e. The van der Waals surface area contributed by atoms with Crippen LogP contribution in [0.1, 0.15) is 9.67 Å². The van der Waals surface area contributed by atoms with Gasteiger partial charge in [0.2, 0.25) is 0 Å². The van der Waals surface area contributed by atoms with Crippen molar-refractivity contribution in [2.45, 2.75) is 0 Å². The van der Waals surface area contributed by atoms with E-state index < -0.39 is 5.97 Å². The fourth-order valence-corrected chi connectivity index (χ4v) is 2.88. The van der Waals surface area contributed by atoms with Crippen LogP contribution in [0.4, 0.5) is 0 Å². The largest absolute Gasteiger partial charge is 0.477 e. The van der Waals surface area contributed by atoms with Crippen molar-refractivity contribution in [2.75, 3.05) is 0 Å². The SMILES string of the molecule is O=C(O)c1sc2nccn2c1-c1ccc(Cl)cc1. The zero-order valence-corrected chi connectivity index (χ0v) is 10.6. The lowest BCUT2D eigenvalue weighted by Gasteiger charge is -2.02. The number of hydrogen-bond acceptors (Lipinski definition) is 3. The molecule has 1 N–H and O–H groups in total. The second-order valence-corrected chi connectivity index (χ2v) is 5.09. The summed E-state index contributed by atoms with van der Waals surface area (Å²) >= 11 is 7.00. The number of thiazole rings is 1. The standard InChI is InChI=1S/C12H7ClN2O2S/c13-8-3-1-7(2-4-8)9-10(11(16)17)18-12-14-5-6-15(9)12/h1-6H,(H,16,17). The lowest BCUT2D eigenvalue weighted by atomic mass is 10.1. The Bertz CT molecular complexity index is 730. The maximum absolute atomic E-state index is 11.3. The normalized spacial score (nSPS) is 10.9. The summed E-state index contributed by atoms with van der Waals surface area (Å²) in [6.07, 6.45) is 3.40. The monoisotopic (exact) mass is 278 g/mol. The highest BCUT2D eigenvalue weighted by Crippen LogP contribution is 2.31. The van der Waals surface area contributed by atoms with Gasteiger partial charge in [-0.15, -0.1) is 0 Å². The molecule has 0 aliphatic heterocycles. The number of carboxylic acid groups (broad SMARTS) is 1. The molecule has 0 atom stereocenters. The molecule has 0 aliphatic carbocycles. The zero-order chi connectivity index (χ0) is 12.7. The van der Waals surface area contributed by atoms with Gasteiger partial charge in [0.1, 0.15) is 4.88 Å². The van der Waals surface area contributed by atoms with Crippen LogP contribution in [0.25, 0.3) is 16.2 Å². The van der Waals surface area contributed by atoms with Crippen LogP contribution in [-0.2, 0) is 0 Å². The summed E-state index contributed by atoms with van der Waals surface area (Å²) in [6.45, 7) is 0. The van der Waals surface area contributed by atoms with Gasteiger partial charge in [-0.05, 0) is 12.1 Å². The number of imidazole rings is 1. The van der Waals surface area contributed by atoms with Crippen LogP contribution < -0.4 is 0 Å². The maximum Gasteiger partial charge on any atom is 0.348 e. The molecular formula is C12H7ClN2O2S. The average Bonchev–Trinajstić information content (AvgIpc) is 2.90. The predicted molar refractivity (Wildman–Crippen MR) is 70.5 cm³/mol. The second kappa shape index (κ2) is 4.12. The summed E-state index contributed by atoms with van der Waals surface area (Å²) in [7, 11) is 0. The number of halogens is 1. The van der Waals surface area contributed by atoms with E-state index in [2.05, 4.69) is 4.98 Å². The van der Waals surface area contributed by atoms with Gasteiger partial charge in [0.25, 0.3) is 0 Å². The lowest BCUT2D eigenvalue weighted by molar-refractivity contribution is 0.0702. The third-order valence-corrected chi connectivity index (χ3v) is 3.88. The van der Waals surface area contributed by atoms with Crippen LogP contribution in [0, 0.1) is 0 Å². The second-order valence-electron chi connectivity index (χ2n) is 3.67. The minimum atomic E-state index is -0.949. The summed E-state index contributed by atoms with van der Waals surface area (Å²) in [5, 5.41) is 9.86. The van der Waals surface area contributed by atoms with Crippen LogP contribution in [0.5, 0.6) is 0 Å². The van der Waals surface area contributed by atoms with E-state index >= 15 is 0 Å². The van der Waals surface area contributed by atoms with Gasteiger partial charge in [-0.2, -0.15) is 0 Å². The summed E-state index contributed by atoms with van der Waals surface area (Å²) in [4.78, 5) is 16.3. The van der Waals surface area contributed by atoms with Crippen molar-refractivity contribution in [1.29, 1.82) is 0 Å². The molecule has 3 aromatic rings. The first kappa shape index (κ1) is 11.3. The number of benzene rings is 1. The van der Waals surface area contributed by atoms with Crippen LogP contribution >= 0.6 is 22.9 Å². The average molecular weight is 279 g/mol. The Hall–Kier alpha value is -1.85. The van der Waals surface area contributed by atoms with E-state index in [1.165, 1.54) is 0 Å².